The molecule has 0 aliphatic carbocycles. The molecule has 0 atom stereocenters. The Kier molecular flexibility index (Phi) is 4.98. The molecular weight excluding hydrogens is 289 g/mol. The number of alkyl halides is 3. The van der Waals surface area contributed by atoms with Crippen LogP contribution in [0.5, 0.6) is 0 Å². The van der Waals surface area contributed by atoms with Gasteiger partial charge in [-0.1, -0.05) is 0 Å². The van der Waals surface area contributed by atoms with E-state index < -0.39 is 5.51 Å². The van der Waals surface area contributed by atoms with E-state index in [0.717, 1.165) is 32.0 Å². The number of rotatable bonds is 4. The SMILES string of the molecule is Nc1cccnc1N1CCN(CCSC(F)(F)F)CC1. The maximum absolute atomic E-state index is 12.1. The molecule has 8 heteroatoms. The molecule has 1 fully saturated rings. The minimum atomic E-state index is -4.13. The molecule has 20 heavy (non-hydrogen) atoms. The highest BCUT2D eigenvalue weighted by molar-refractivity contribution is 8.00. The molecule has 2 rings (SSSR count). The summed E-state index contributed by atoms with van der Waals surface area (Å²) in [6.07, 6.45) is 1.69. The quantitative estimate of drug-likeness (QED) is 0.922. The van der Waals surface area contributed by atoms with E-state index in [2.05, 4.69) is 9.88 Å². The highest BCUT2D eigenvalue weighted by Gasteiger charge is 2.28. The molecular formula is C12H17F3N4S. The molecule has 1 aromatic rings. The van der Waals surface area contributed by atoms with E-state index in [1.54, 1.807) is 18.3 Å². The maximum atomic E-state index is 12.1. The summed E-state index contributed by atoms with van der Waals surface area (Å²) in [6, 6.07) is 3.58. The average Bonchev–Trinajstić information content (AvgIpc) is 2.39. The fourth-order valence-corrected chi connectivity index (χ4v) is 2.73. The number of nitrogen functional groups attached to an aromatic ring is 1. The largest absolute Gasteiger partial charge is 0.441 e. The van der Waals surface area contributed by atoms with Crippen LogP contribution >= 0.6 is 11.8 Å². The zero-order valence-electron chi connectivity index (χ0n) is 10.9. The van der Waals surface area contributed by atoms with Crippen molar-refractivity contribution in [3.8, 4) is 0 Å². The summed E-state index contributed by atoms with van der Waals surface area (Å²) in [4.78, 5) is 8.36. The van der Waals surface area contributed by atoms with Crippen LogP contribution in [0.15, 0.2) is 18.3 Å². The van der Waals surface area contributed by atoms with Gasteiger partial charge in [-0.25, -0.2) is 4.98 Å². The Hall–Kier alpha value is -1.15. The van der Waals surface area contributed by atoms with E-state index >= 15 is 0 Å². The number of nitrogens with zero attached hydrogens (tertiary/aromatic N) is 3. The first-order valence-electron chi connectivity index (χ1n) is 6.34. The first-order chi connectivity index (χ1) is 9.46. The first-order valence-corrected chi connectivity index (χ1v) is 7.33. The van der Waals surface area contributed by atoms with Gasteiger partial charge in [-0.2, -0.15) is 13.2 Å². The molecule has 0 saturated carbocycles. The van der Waals surface area contributed by atoms with E-state index in [1.807, 2.05) is 4.90 Å². The van der Waals surface area contributed by atoms with Crippen molar-refractivity contribution in [1.29, 1.82) is 0 Å². The molecule has 4 nitrogen and oxygen atoms in total. The molecule has 0 spiro atoms. The highest BCUT2D eigenvalue weighted by atomic mass is 32.2. The number of nitrogens with two attached hydrogens (primary N) is 1. The lowest BCUT2D eigenvalue weighted by molar-refractivity contribution is -0.0328. The van der Waals surface area contributed by atoms with Gasteiger partial charge in [0, 0.05) is 44.7 Å². The van der Waals surface area contributed by atoms with Crippen LogP contribution in [0.2, 0.25) is 0 Å². The zero-order valence-corrected chi connectivity index (χ0v) is 11.8. The Morgan fingerprint density at radius 3 is 2.55 bits per heavy atom. The normalized spacial score (nSPS) is 17.4. The minimum Gasteiger partial charge on any atom is -0.396 e. The smallest absolute Gasteiger partial charge is 0.396 e. The molecule has 0 bridgehead atoms. The van der Waals surface area contributed by atoms with Crippen molar-refractivity contribution >= 4 is 23.3 Å². The highest BCUT2D eigenvalue weighted by Crippen LogP contribution is 2.30. The lowest BCUT2D eigenvalue weighted by atomic mass is 10.3. The van der Waals surface area contributed by atoms with Crippen LogP contribution in [-0.2, 0) is 0 Å². The standard InChI is InChI=1S/C12H17F3N4S/c13-12(14,15)20-9-8-18-4-6-19(7-5-18)11-10(16)2-1-3-17-11/h1-3H,4-9,16H2. The molecule has 0 radical (unpaired) electrons. The van der Waals surface area contributed by atoms with Crippen molar-refractivity contribution in [2.45, 2.75) is 5.51 Å². The van der Waals surface area contributed by atoms with Crippen LogP contribution in [0, 0.1) is 0 Å². The number of halogens is 3. The van der Waals surface area contributed by atoms with Crippen molar-refractivity contribution in [3.05, 3.63) is 18.3 Å². The second kappa shape index (κ2) is 6.53. The molecule has 1 aliphatic rings. The van der Waals surface area contributed by atoms with Crippen molar-refractivity contribution in [2.24, 2.45) is 0 Å². The monoisotopic (exact) mass is 306 g/mol. The summed E-state index contributed by atoms with van der Waals surface area (Å²) >= 11 is 0.0392. The fourth-order valence-electron chi connectivity index (χ4n) is 2.15. The summed E-state index contributed by atoms with van der Waals surface area (Å²) in [6.45, 7) is 3.38. The predicted molar refractivity (Wildman–Crippen MR) is 75.8 cm³/mol. The molecule has 1 saturated heterocycles. The van der Waals surface area contributed by atoms with Crippen LogP contribution < -0.4 is 10.6 Å². The zero-order chi connectivity index (χ0) is 14.6. The Morgan fingerprint density at radius 2 is 1.95 bits per heavy atom. The van der Waals surface area contributed by atoms with Crippen molar-refractivity contribution in [2.75, 3.05) is 49.1 Å². The van der Waals surface area contributed by atoms with Crippen LogP contribution in [0.4, 0.5) is 24.7 Å². The molecule has 0 aromatic carbocycles. The van der Waals surface area contributed by atoms with Crippen molar-refractivity contribution in [1.82, 2.24) is 9.88 Å². The third-order valence-corrected chi connectivity index (χ3v) is 3.88. The number of piperazine rings is 1. The number of aromatic nitrogens is 1. The lowest BCUT2D eigenvalue weighted by Crippen LogP contribution is -2.47. The number of pyridine rings is 1. The number of thioether (sulfide) groups is 1. The lowest BCUT2D eigenvalue weighted by Gasteiger charge is -2.35. The number of hydrogen-bond donors (Lipinski definition) is 1. The summed E-state index contributed by atoms with van der Waals surface area (Å²) in [5.74, 6) is 0.840. The van der Waals surface area contributed by atoms with Crippen molar-refractivity contribution in [3.63, 3.8) is 0 Å². The van der Waals surface area contributed by atoms with E-state index in [4.69, 9.17) is 5.73 Å². The van der Waals surface area contributed by atoms with Gasteiger partial charge in [-0.3, -0.25) is 4.90 Å². The fraction of sp³-hybridized carbons (Fsp3) is 0.583. The molecule has 1 aliphatic heterocycles. The third kappa shape index (κ3) is 4.45. The first kappa shape index (κ1) is 15.2. The second-order valence-corrected chi connectivity index (χ2v) is 5.70. The van der Waals surface area contributed by atoms with E-state index in [9.17, 15) is 13.2 Å². The predicted octanol–water partition coefficient (Wildman–Crippen LogP) is 2.04. The van der Waals surface area contributed by atoms with Gasteiger partial charge in [-0.05, 0) is 23.9 Å². The van der Waals surface area contributed by atoms with Gasteiger partial charge in [0.05, 0.1) is 5.69 Å². The van der Waals surface area contributed by atoms with Crippen LogP contribution in [0.25, 0.3) is 0 Å². The molecule has 112 valence electrons. The van der Waals surface area contributed by atoms with Gasteiger partial charge >= 0.3 is 5.51 Å². The number of anilines is 2. The Balaban J connectivity index is 1.77. The number of hydrogen-bond acceptors (Lipinski definition) is 5. The third-order valence-electron chi connectivity index (χ3n) is 3.16. The summed E-state index contributed by atoms with van der Waals surface area (Å²) < 4.78 is 36.2. The van der Waals surface area contributed by atoms with Gasteiger partial charge in [0.15, 0.2) is 5.82 Å². The van der Waals surface area contributed by atoms with E-state index in [0.29, 0.717) is 12.2 Å². The summed E-state index contributed by atoms with van der Waals surface area (Å²) in [5.41, 5.74) is 2.37. The Bertz CT molecular complexity index is 433. The molecule has 1 aromatic heterocycles. The average molecular weight is 306 g/mol. The molecule has 0 amide bonds. The van der Waals surface area contributed by atoms with Gasteiger partial charge in [0.25, 0.3) is 0 Å². The minimum absolute atomic E-state index is 0.0392. The maximum Gasteiger partial charge on any atom is 0.441 e. The summed E-state index contributed by atoms with van der Waals surface area (Å²) in [5, 5.41) is 0. The van der Waals surface area contributed by atoms with Crippen LogP contribution in [0.1, 0.15) is 0 Å². The van der Waals surface area contributed by atoms with Gasteiger partial charge in [0.2, 0.25) is 0 Å². The Morgan fingerprint density at radius 1 is 1.25 bits per heavy atom. The van der Waals surface area contributed by atoms with Gasteiger partial charge in [0.1, 0.15) is 0 Å². The van der Waals surface area contributed by atoms with Gasteiger partial charge < -0.3 is 10.6 Å². The summed E-state index contributed by atoms with van der Waals surface area (Å²) in [7, 11) is 0. The topological polar surface area (TPSA) is 45.4 Å². The van der Waals surface area contributed by atoms with Gasteiger partial charge in [-0.15, -0.1) is 0 Å². The van der Waals surface area contributed by atoms with Crippen molar-refractivity contribution < 1.29 is 13.2 Å². The molecule has 0 unspecified atom stereocenters. The van der Waals surface area contributed by atoms with Crippen LogP contribution in [0.3, 0.4) is 0 Å². The molecule has 2 N–H and O–H groups in total. The Labute approximate surface area is 120 Å². The molecule has 2 heterocycles. The van der Waals surface area contributed by atoms with E-state index in [1.165, 1.54) is 0 Å². The second-order valence-electron chi connectivity index (χ2n) is 4.54. The van der Waals surface area contributed by atoms with E-state index in [-0.39, 0.29) is 17.5 Å². The van der Waals surface area contributed by atoms with Crippen LogP contribution in [-0.4, -0.2) is 53.9 Å².